The summed E-state index contributed by atoms with van der Waals surface area (Å²) in [7, 11) is 2.47. The molecule has 0 spiro atoms. The molecule has 6 nitrogen and oxygen atoms in total. The maximum absolute atomic E-state index is 13.0. The highest BCUT2D eigenvalue weighted by molar-refractivity contribution is 6.30. The molecule has 24 heavy (non-hydrogen) atoms. The molecule has 128 valence electrons. The van der Waals surface area contributed by atoms with Crippen molar-refractivity contribution in [2.24, 2.45) is 14.1 Å². The molecule has 0 unspecified atom stereocenters. The van der Waals surface area contributed by atoms with Crippen LogP contribution in [0.3, 0.4) is 0 Å². The van der Waals surface area contributed by atoms with Crippen molar-refractivity contribution < 1.29 is 18.0 Å². The number of amides is 1. The zero-order chi connectivity index (χ0) is 18.2. The summed E-state index contributed by atoms with van der Waals surface area (Å²) in [5, 5.41) is 1.87. The molecule has 0 atom stereocenters. The lowest BCUT2D eigenvalue weighted by atomic mass is 10.1. The van der Waals surface area contributed by atoms with Crippen LogP contribution in [0.4, 0.5) is 18.9 Å². The van der Waals surface area contributed by atoms with Gasteiger partial charge in [0.25, 0.3) is 11.5 Å². The zero-order valence-electron chi connectivity index (χ0n) is 12.4. The topological polar surface area (TPSA) is 73.1 Å². The third kappa shape index (κ3) is 3.35. The average molecular weight is 362 g/mol. The minimum Gasteiger partial charge on any atom is -0.321 e. The van der Waals surface area contributed by atoms with Gasteiger partial charge in [0.2, 0.25) is 0 Å². The SMILES string of the molecule is Cn1cc(C(=O)Nc2ccc(Cl)cc2C(F)(F)F)c(=O)n(C)c1=O. The van der Waals surface area contributed by atoms with Crippen LogP contribution in [-0.4, -0.2) is 15.0 Å². The molecule has 2 aromatic rings. The number of nitrogens with one attached hydrogen (secondary N) is 1. The van der Waals surface area contributed by atoms with Gasteiger partial charge >= 0.3 is 11.9 Å². The van der Waals surface area contributed by atoms with Crippen LogP contribution in [0.1, 0.15) is 15.9 Å². The molecule has 0 aliphatic heterocycles. The molecule has 0 radical (unpaired) electrons. The molecule has 0 aliphatic rings. The Labute approximate surface area is 138 Å². The summed E-state index contributed by atoms with van der Waals surface area (Å²) in [5.41, 5.74) is -3.75. The number of alkyl halides is 3. The molecule has 0 aliphatic carbocycles. The van der Waals surface area contributed by atoms with Crippen LogP contribution < -0.4 is 16.6 Å². The van der Waals surface area contributed by atoms with Crippen LogP contribution in [0.25, 0.3) is 0 Å². The summed E-state index contributed by atoms with van der Waals surface area (Å²) in [4.78, 5) is 35.7. The second-order valence-corrected chi connectivity index (χ2v) is 5.38. The minimum atomic E-state index is -4.75. The van der Waals surface area contributed by atoms with Gasteiger partial charge in [0.05, 0.1) is 11.3 Å². The molecule has 1 N–H and O–H groups in total. The second kappa shape index (κ2) is 6.16. The maximum atomic E-state index is 13.0. The molecule has 10 heteroatoms. The molecular formula is C14H11ClF3N3O3. The van der Waals surface area contributed by atoms with Gasteiger partial charge in [-0.05, 0) is 18.2 Å². The average Bonchev–Trinajstić information content (AvgIpc) is 2.49. The van der Waals surface area contributed by atoms with E-state index in [0.29, 0.717) is 10.6 Å². The Morgan fingerprint density at radius 2 is 1.83 bits per heavy atom. The number of halogens is 4. The molecule has 1 amide bonds. The number of aromatic nitrogens is 2. The fourth-order valence-corrected chi connectivity index (χ4v) is 2.19. The van der Waals surface area contributed by atoms with Gasteiger partial charge in [0.1, 0.15) is 5.56 Å². The summed E-state index contributed by atoms with van der Waals surface area (Å²) in [6, 6.07) is 2.82. The number of nitrogens with zero attached hydrogens (tertiary/aromatic N) is 2. The smallest absolute Gasteiger partial charge is 0.321 e. The summed E-state index contributed by atoms with van der Waals surface area (Å²) >= 11 is 5.56. The lowest BCUT2D eigenvalue weighted by Crippen LogP contribution is -2.40. The third-order valence-electron chi connectivity index (χ3n) is 3.23. The van der Waals surface area contributed by atoms with Gasteiger partial charge in [0, 0.05) is 25.3 Å². The minimum absolute atomic E-state index is 0.154. The largest absolute Gasteiger partial charge is 0.418 e. The number of hydrogen-bond acceptors (Lipinski definition) is 3. The summed E-state index contributed by atoms with van der Waals surface area (Å²) in [6.07, 6.45) is -3.79. The highest BCUT2D eigenvalue weighted by atomic mass is 35.5. The quantitative estimate of drug-likeness (QED) is 0.889. The van der Waals surface area contributed by atoms with Crippen molar-refractivity contribution in [2.75, 3.05) is 5.32 Å². The van der Waals surface area contributed by atoms with Crippen molar-refractivity contribution >= 4 is 23.2 Å². The van der Waals surface area contributed by atoms with Crippen molar-refractivity contribution in [1.29, 1.82) is 0 Å². The highest BCUT2D eigenvalue weighted by Gasteiger charge is 2.34. The fourth-order valence-electron chi connectivity index (χ4n) is 2.01. The lowest BCUT2D eigenvalue weighted by Gasteiger charge is -2.14. The molecule has 1 aromatic carbocycles. The lowest BCUT2D eigenvalue weighted by molar-refractivity contribution is -0.136. The fraction of sp³-hybridized carbons (Fsp3) is 0.214. The number of carbonyl (C=O) groups excluding carboxylic acids is 1. The molecule has 0 saturated carbocycles. The van der Waals surface area contributed by atoms with E-state index in [9.17, 15) is 27.6 Å². The normalized spacial score (nSPS) is 11.4. The van der Waals surface area contributed by atoms with Crippen LogP contribution in [0.5, 0.6) is 0 Å². The summed E-state index contributed by atoms with van der Waals surface area (Å²) in [6.45, 7) is 0. The van der Waals surface area contributed by atoms with Gasteiger partial charge in [-0.3, -0.25) is 14.2 Å². The molecule has 1 heterocycles. The van der Waals surface area contributed by atoms with Crippen molar-refractivity contribution in [3.63, 3.8) is 0 Å². The van der Waals surface area contributed by atoms with E-state index in [-0.39, 0.29) is 5.02 Å². The van der Waals surface area contributed by atoms with E-state index in [1.165, 1.54) is 13.1 Å². The first-order valence-corrected chi connectivity index (χ1v) is 6.85. The molecular weight excluding hydrogens is 351 g/mol. The first-order chi connectivity index (χ1) is 11.0. The highest BCUT2D eigenvalue weighted by Crippen LogP contribution is 2.36. The summed E-state index contributed by atoms with van der Waals surface area (Å²) in [5.74, 6) is -1.07. The number of carbonyl (C=O) groups is 1. The van der Waals surface area contributed by atoms with Gasteiger partial charge in [-0.15, -0.1) is 0 Å². The zero-order valence-corrected chi connectivity index (χ0v) is 13.2. The monoisotopic (exact) mass is 361 g/mol. The number of benzene rings is 1. The van der Waals surface area contributed by atoms with Gasteiger partial charge in [-0.2, -0.15) is 13.2 Å². The molecule has 0 fully saturated rings. The first-order valence-electron chi connectivity index (χ1n) is 6.47. The second-order valence-electron chi connectivity index (χ2n) is 4.94. The Hall–Kier alpha value is -2.55. The van der Waals surface area contributed by atoms with Crippen LogP contribution in [0.15, 0.2) is 34.0 Å². The van der Waals surface area contributed by atoms with Crippen LogP contribution in [-0.2, 0) is 20.3 Å². The molecule has 0 bridgehead atoms. The number of rotatable bonds is 2. The van der Waals surface area contributed by atoms with Gasteiger partial charge in [-0.1, -0.05) is 11.6 Å². The van der Waals surface area contributed by atoms with E-state index in [1.807, 2.05) is 5.32 Å². The Balaban J connectivity index is 2.49. The van der Waals surface area contributed by atoms with Crippen molar-refractivity contribution in [1.82, 2.24) is 9.13 Å². The van der Waals surface area contributed by atoms with Gasteiger partial charge in [0.15, 0.2) is 0 Å². The molecule has 0 saturated heterocycles. The van der Waals surface area contributed by atoms with E-state index < -0.39 is 40.1 Å². The predicted molar refractivity (Wildman–Crippen MR) is 81.3 cm³/mol. The molecule has 1 aromatic heterocycles. The maximum Gasteiger partial charge on any atom is 0.418 e. The molecule has 2 rings (SSSR count). The van der Waals surface area contributed by atoms with E-state index in [4.69, 9.17) is 11.6 Å². The van der Waals surface area contributed by atoms with E-state index in [1.54, 1.807) is 0 Å². The van der Waals surface area contributed by atoms with E-state index in [0.717, 1.165) is 23.9 Å². The number of aryl methyl sites for hydroxylation is 1. The van der Waals surface area contributed by atoms with Crippen molar-refractivity contribution in [2.45, 2.75) is 6.18 Å². The Morgan fingerprint density at radius 3 is 2.42 bits per heavy atom. The summed E-state index contributed by atoms with van der Waals surface area (Å²) < 4.78 is 40.7. The van der Waals surface area contributed by atoms with Crippen LogP contribution in [0.2, 0.25) is 5.02 Å². The predicted octanol–water partition coefficient (Wildman–Crippen LogP) is 2.01. The standard InChI is InChI=1S/C14H11ClF3N3O3/c1-20-6-8(12(23)21(2)13(20)24)11(22)19-10-4-3-7(15)5-9(10)14(16,17)18/h3-6H,1-2H3,(H,19,22). The van der Waals surface area contributed by atoms with Crippen LogP contribution in [0, 0.1) is 0 Å². The van der Waals surface area contributed by atoms with Gasteiger partial charge in [-0.25, -0.2) is 4.79 Å². The van der Waals surface area contributed by atoms with Crippen LogP contribution >= 0.6 is 11.6 Å². The van der Waals surface area contributed by atoms with Crippen molar-refractivity contribution in [3.8, 4) is 0 Å². The number of hydrogen-bond donors (Lipinski definition) is 1. The van der Waals surface area contributed by atoms with Gasteiger partial charge < -0.3 is 9.88 Å². The van der Waals surface area contributed by atoms with Crippen molar-refractivity contribution in [3.05, 3.63) is 61.4 Å². The third-order valence-corrected chi connectivity index (χ3v) is 3.46. The Bertz CT molecular complexity index is 932. The van der Waals surface area contributed by atoms with E-state index in [2.05, 4.69) is 0 Å². The van der Waals surface area contributed by atoms with E-state index >= 15 is 0 Å². The Morgan fingerprint density at radius 1 is 1.21 bits per heavy atom. The Kier molecular flexibility index (Phi) is 4.57. The first kappa shape index (κ1) is 17.8. The number of anilines is 1.